The summed E-state index contributed by atoms with van der Waals surface area (Å²) in [6, 6.07) is -4.97. The van der Waals surface area contributed by atoms with Crippen LogP contribution in [0.15, 0.2) is 37.6 Å². The fraction of sp³-hybridized carbons (Fsp3) is 0.731. The molecule has 0 aliphatic carbocycles. The summed E-state index contributed by atoms with van der Waals surface area (Å²) in [5.41, 5.74) is 4.91. The first-order valence-corrected chi connectivity index (χ1v) is 28.3. The zero-order chi connectivity index (χ0) is 60.3. The number of hydrogen-bond donors (Lipinski definition) is 5. The number of esters is 2. The maximum Gasteiger partial charge on any atom is 0.410 e. The molecule has 0 spiro atoms. The molecule has 0 aromatic rings. The van der Waals surface area contributed by atoms with Crippen molar-refractivity contribution >= 4 is 117 Å². The highest BCUT2D eigenvalue weighted by molar-refractivity contribution is 6.68. The topological polar surface area (TPSA) is 246 Å². The van der Waals surface area contributed by atoms with E-state index in [2.05, 4.69) is 41.2 Å². The number of carbonyl (C=O) groups excluding carboxylic acids is 8. The number of alkyl halides is 6. The molecule has 0 bridgehead atoms. The number of ether oxygens (including phenoxy) is 3. The van der Waals surface area contributed by atoms with Crippen LogP contribution < -0.4 is 21.5 Å². The number of hydrogen-bond acceptors (Lipinski definition) is 14. The summed E-state index contributed by atoms with van der Waals surface area (Å²) >= 11 is 33.6. The monoisotopic (exact) mass is 1220 g/mol. The predicted octanol–water partition coefficient (Wildman–Crippen LogP) is 8.73. The number of nitrogens with one attached hydrogen (secondary N) is 4. The Labute approximate surface area is 492 Å². The molecule has 6 amide bonds. The van der Waals surface area contributed by atoms with E-state index in [1.807, 2.05) is 26.0 Å². The summed E-state index contributed by atoms with van der Waals surface area (Å²) in [7, 11) is 3.08. The van der Waals surface area contributed by atoms with Gasteiger partial charge in [0.2, 0.25) is 25.3 Å². The zero-order valence-electron chi connectivity index (χ0n) is 47.2. The van der Waals surface area contributed by atoms with Crippen molar-refractivity contribution in [1.82, 2.24) is 41.3 Å². The molecule has 2 aliphatic rings. The van der Waals surface area contributed by atoms with Crippen LogP contribution >= 0.6 is 69.6 Å². The second-order valence-electron chi connectivity index (χ2n) is 20.6. The van der Waals surface area contributed by atoms with E-state index in [-0.39, 0.29) is 17.7 Å². The van der Waals surface area contributed by atoms with Crippen molar-refractivity contribution in [3.05, 3.63) is 37.6 Å². The molecule has 6 atom stereocenters. The average Bonchev–Trinajstić information content (AvgIpc) is 3.33. The van der Waals surface area contributed by atoms with E-state index in [4.69, 9.17) is 88.9 Å². The molecule has 2 rings (SSSR count). The number of nitrogens with zero attached hydrogens (tertiary/aromatic N) is 4. The number of aliphatic hydroxyl groups is 1. The van der Waals surface area contributed by atoms with Gasteiger partial charge in [-0.25, -0.2) is 15.6 Å². The summed E-state index contributed by atoms with van der Waals surface area (Å²) in [6.07, 6.45) is 11.6. The first-order valence-electron chi connectivity index (χ1n) is 26.0. The van der Waals surface area contributed by atoms with Crippen LogP contribution in [0.4, 0.5) is 4.79 Å². The van der Waals surface area contributed by atoms with Crippen LogP contribution in [0.2, 0.25) is 0 Å². The van der Waals surface area contributed by atoms with E-state index in [0.29, 0.717) is 57.4 Å². The van der Waals surface area contributed by atoms with Crippen LogP contribution in [0, 0.1) is 11.8 Å². The second kappa shape index (κ2) is 36.6. The lowest BCUT2D eigenvalue weighted by Gasteiger charge is -2.35. The van der Waals surface area contributed by atoms with Gasteiger partial charge in [-0.3, -0.25) is 48.5 Å². The average molecular weight is 1230 g/mol. The van der Waals surface area contributed by atoms with Gasteiger partial charge in [0.25, 0.3) is 11.8 Å². The Morgan fingerprint density at radius 3 is 1.36 bits per heavy atom. The molecule has 2 fully saturated rings. The minimum absolute atomic E-state index is 0.129. The number of amides is 6. The summed E-state index contributed by atoms with van der Waals surface area (Å²) < 4.78 is 11.9. The lowest BCUT2D eigenvalue weighted by atomic mass is 10.0. The molecule has 448 valence electrons. The number of carbonyl (C=O) groups is 8. The Kier molecular flexibility index (Phi) is 34.8. The standard InChI is InChI=1S/C23H37Cl3N4O5.C21H35Cl3N4O6.C8H14O/c1-6-7-8-9-12-18(31)29(5)19(15(2)3)20(32)27-16(4)21(33)30-13-10-11-17(28-30)22(34)35-14-23(24,25)26;1-12(2)15(27(7)19(32)34-20(4,5)6)16(29)25-13(3)17(30)28-10-8-9-14(26-28)18(31)33-11-21(22,23)24;1-3-4-5-6-7-8(2)9/h6,15-17,19,28H,1,7-14H2,2-5H3,(H,27,32);12-15,26H,8-11H2,1-7H3,(H,25,29);3,9H,1-2,4-7H2/t16-,17-,19-;13-,14-,15-;/m00./s1. The Morgan fingerprint density at radius 1 is 0.654 bits per heavy atom. The number of aliphatic hydroxyl groups excluding tert-OH is 1. The third kappa shape index (κ3) is 30.7. The van der Waals surface area contributed by atoms with E-state index in [1.165, 1.54) is 33.8 Å². The highest BCUT2D eigenvalue weighted by Gasteiger charge is 2.38. The second-order valence-corrected chi connectivity index (χ2v) is 25.7. The van der Waals surface area contributed by atoms with Crippen molar-refractivity contribution in [2.45, 2.75) is 189 Å². The van der Waals surface area contributed by atoms with Gasteiger partial charge < -0.3 is 34.9 Å². The molecule has 2 heterocycles. The van der Waals surface area contributed by atoms with Gasteiger partial charge in [-0.15, -0.1) is 13.2 Å². The SMILES string of the molecule is C=CCCCCC(=C)O.C=CCCCCC(=O)N(C)[C@H](C(=O)N[C@@H](C)C(=O)N1CCC[C@@H](C(=O)OCC(Cl)(Cl)Cl)N1)C(C)C.CC(C)[C@@H](C(=O)N[C@@H](C)C(=O)N1CCC[C@@H](C(=O)OCC(Cl)(Cl)Cl)N1)N(C)C(=O)OC(C)(C)C. The number of allylic oxidation sites excluding steroid dienone is 3. The molecule has 5 N–H and O–H groups in total. The molecule has 26 heteroatoms. The van der Waals surface area contributed by atoms with Gasteiger partial charge in [0.15, 0.2) is 0 Å². The van der Waals surface area contributed by atoms with Crippen molar-refractivity contribution in [2.75, 3.05) is 40.4 Å². The molecule has 0 radical (unpaired) electrons. The van der Waals surface area contributed by atoms with Crippen LogP contribution in [0.5, 0.6) is 0 Å². The number of rotatable bonds is 24. The van der Waals surface area contributed by atoms with Gasteiger partial charge in [-0.05, 0) is 111 Å². The number of hydrazine groups is 2. The van der Waals surface area contributed by atoms with E-state index in [0.717, 1.165) is 38.5 Å². The first-order chi connectivity index (χ1) is 36.0. The quantitative estimate of drug-likeness (QED) is 0.0152. The van der Waals surface area contributed by atoms with Crippen molar-refractivity contribution in [3.63, 3.8) is 0 Å². The van der Waals surface area contributed by atoms with E-state index in [1.54, 1.807) is 48.6 Å². The van der Waals surface area contributed by atoms with Gasteiger partial charge in [-0.1, -0.05) is 116 Å². The lowest BCUT2D eigenvalue weighted by Crippen LogP contribution is -2.61. The minimum Gasteiger partial charge on any atom is -0.513 e. The Morgan fingerprint density at radius 2 is 1.03 bits per heavy atom. The van der Waals surface area contributed by atoms with Crippen LogP contribution in [0.1, 0.15) is 139 Å². The molecule has 2 saturated heterocycles. The van der Waals surface area contributed by atoms with Gasteiger partial charge in [0.1, 0.15) is 55.1 Å². The molecular weight excluding hydrogens is 1140 g/mol. The van der Waals surface area contributed by atoms with Gasteiger partial charge in [0.05, 0.1) is 5.76 Å². The molecule has 20 nitrogen and oxygen atoms in total. The fourth-order valence-corrected chi connectivity index (χ4v) is 8.07. The summed E-state index contributed by atoms with van der Waals surface area (Å²) in [4.78, 5) is 104. The predicted molar refractivity (Wildman–Crippen MR) is 307 cm³/mol. The number of unbranched alkanes of at least 4 members (excludes halogenated alkanes) is 4. The molecule has 0 aromatic heterocycles. The molecule has 78 heavy (non-hydrogen) atoms. The Hall–Kier alpha value is -3.76. The van der Waals surface area contributed by atoms with E-state index < -0.39 is 104 Å². The minimum atomic E-state index is -1.74. The lowest BCUT2D eigenvalue weighted by molar-refractivity contribution is -0.154. The summed E-state index contributed by atoms with van der Waals surface area (Å²) in [5, 5.41) is 16.6. The zero-order valence-corrected chi connectivity index (χ0v) is 51.7. The van der Waals surface area contributed by atoms with Crippen molar-refractivity contribution in [1.29, 1.82) is 0 Å². The number of likely N-dealkylation sites (N-methyl/N-ethyl adjacent to an activating group) is 2. The van der Waals surface area contributed by atoms with E-state index >= 15 is 0 Å². The van der Waals surface area contributed by atoms with Crippen molar-refractivity contribution in [3.8, 4) is 0 Å². The van der Waals surface area contributed by atoms with Crippen LogP contribution in [-0.4, -0.2) is 162 Å². The molecule has 0 unspecified atom stereocenters. The molecule has 0 aromatic carbocycles. The fourth-order valence-electron chi connectivity index (χ4n) is 7.74. The van der Waals surface area contributed by atoms with Gasteiger partial charge >= 0.3 is 18.0 Å². The summed E-state index contributed by atoms with van der Waals surface area (Å²) in [5.74, 6) is -3.33. The van der Waals surface area contributed by atoms with Crippen LogP contribution in [0.3, 0.4) is 0 Å². The van der Waals surface area contributed by atoms with Crippen molar-refractivity contribution in [2.24, 2.45) is 11.8 Å². The maximum atomic E-state index is 13.0. The largest absolute Gasteiger partial charge is 0.513 e. The molecule has 0 saturated carbocycles. The van der Waals surface area contributed by atoms with Crippen LogP contribution in [-0.2, 0) is 47.8 Å². The summed E-state index contributed by atoms with van der Waals surface area (Å²) in [6.45, 7) is 26.0. The smallest absolute Gasteiger partial charge is 0.410 e. The van der Waals surface area contributed by atoms with Crippen LogP contribution in [0.25, 0.3) is 0 Å². The van der Waals surface area contributed by atoms with E-state index in [9.17, 15) is 38.4 Å². The first kappa shape index (κ1) is 74.2. The third-order valence-electron chi connectivity index (χ3n) is 11.6. The Bertz CT molecular complexity index is 1980. The molecular formula is C52H86Cl6N8O12. The van der Waals surface area contributed by atoms with Crippen molar-refractivity contribution < 1.29 is 57.7 Å². The highest BCUT2D eigenvalue weighted by Crippen LogP contribution is 2.27. The third-order valence-corrected chi connectivity index (χ3v) is 12.2. The van der Waals surface area contributed by atoms with Gasteiger partial charge in [-0.2, -0.15) is 0 Å². The maximum absolute atomic E-state index is 13.0. The number of halogens is 6. The Balaban J connectivity index is 0.00000131. The van der Waals surface area contributed by atoms with Gasteiger partial charge in [0, 0.05) is 40.0 Å². The molecule has 2 aliphatic heterocycles. The normalized spacial score (nSPS) is 17.2. The highest BCUT2D eigenvalue weighted by atomic mass is 35.6.